The first-order valence-electron chi connectivity index (χ1n) is 11.5. The summed E-state index contributed by atoms with van der Waals surface area (Å²) in [4.78, 5) is 27.2. The molecule has 0 spiro atoms. The molecule has 6 heteroatoms. The second-order valence-corrected chi connectivity index (χ2v) is 9.01. The van der Waals surface area contributed by atoms with Gasteiger partial charge in [-0.25, -0.2) is 9.97 Å². The van der Waals surface area contributed by atoms with E-state index in [4.69, 9.17) is 11.4 Å². The van der Waals surface area contributed by atoms with E-state index in [1.807, 2.05) is 10.8 Å². The molecule has 5 rings (SSSR count). The summed E-state index contributed by atoms with van der Waals surface area (Å²) >= 11 is 0. The van der Waals surface area contributed by atoms with Gasteiger partial charge in [0.05, 0.1) is 5.56 Å². The second-order valence-electron chi connectivity index (χ2n) is 9.01. The minimum atomic E-state index is -0.104. The Bertz CT molecular complexity index is 1210. The maximum Gasteiger partial charge on any atom is 0.268 e. The third-order valence-electron chi connectivity index (χ3n) is 6.84. The minimum absolute atomic E-state index is 0.104. The Morgan fingerprint density at radius 2 is 1.81 bits per heavy atom. The summed E-state index contributed by atoms with van der Waals surface area (Å²) in [6, 6.07) is 10.6. The Morgan fingerprint density at radius 3 is 2.50 bits per heavy atom. The molecule has 0 N–H and O–H groups in total. The number of fused-ring (bicyclic) bond motifs is 1. The third-order valence-corrected chi connectivity index (χ3v) is 6.84. The molecule has 1 saturated heterocycles. The molecule has 0 amide bonds. The van der Waals surface area contributed by atoms with Crippen LogP contribution in [0.1, 0.15) is 48.7 Å². The minimum Gasteiger partial charge on any atom is -0.369 e. The number of terminal acetylenes is 1. The molecule has 2 aliphatic rings. The molecule has 6 nitrogen and oxygen atoms in total. The van der Waals surface area contributed by atoms with Crippen LogP contribution in [-0.2, 0) is 6.42 Å². The zero-order chi connectivity index (χ0) is 22.1. The Hall–Kier alpha value is -3.17. The highest BCUT2D eigenvalue weighted by Gasteiger charge is 2.22. The summed E-state index contributed by atoms with van der Waals surface area (Å²) in [7, 11) is 2.17. The third kappa shape index (κ3) is 4.01. The Labute approximate surface area is 188 Å². The molecule has 32 heavy (non-hydrogen) atoms. The lowest BCUT2D eigenvalue weighted by molar-refractivity contribution is 0.313. The van der Waals surface area contributed by atoms with Crippen molar-refractivity contribution in [1.29, 1.82) is 0 Å². The molecule has 2 fully saturated rings. The molecule has 3 heterocycles. The van der Waals surface area contributed by atoms with E-state index in [2.05, 4.69) is 52.0 Å². The van der Waals surface area contributed by atoms with Crippen molar-refractivity contribution in [2.45, 2.75) is 38.1 Å². The highest BCUT2D eigenvalue weighted by atomic mass is 16.1. The molecule has 1 aliphatic heterocycles. The Balaban J connectivity index is 1.43. The van der Waals surface area contributed by atoms with Gasteiger partial charge in [-0.3, -0.25) is 9.36 Å². The average Bonchev–Trinajstić information content (AvgIpc) is 3.34. The van der Waals surface area contributed by atoms with E-state index >= 15 is 0 Å². The molecule has 0 unspecified atom stereocenters. The lowest BCUT2D eigenvalue weighted by atomic mass is 10.1. The Morgan fingerprint density at radius 1 is 1.09 bits per heavy atom. The number of hydrogen-bond acceptors (Lipinski definition) is 5. The molecule has 1 saturated carbocycles. The fourth-order valence-electron chi connectivity index (χ4n) is 4.92. The van der Waals surface area contributed by atoms with E-state index < -0.39 is 0 Å². The monoisotopic (exact) mass is 427 g/mol. The van der Waals surface area contributed by atoms with Crippen molar-refractivity contribution in [1.82, 2.24) is 19.4 Å². The van der Waals surface area contributed by atoms with Gasteiger partial charge in [-0.05, 0) is 43.7 Å². The largest absolute Gasteiger partial charge is 0.369 e. The van der Waals surface area contributed by atoms with Crippen molar-refractivity contribution in [2.75, 3.05) is 38.1 Å². The van der Waals surface area contributed by atoms with E-state index in [9.17, 15) is 4.79 Å². The normalized spacial score (nSPS) is 17.7. The lowest BCUT2D eigenvalue weighted by Gasteiger charge is -2.34. The standard InChI is InChI=1S/C26H29N5O/c1-3-20-17-21-18-27-24(28-25(21)31(26(20)32)23-6-4-5-7-23)16-19-8-10-22(11-9-19)30-14-12-29(2)13-15-30/h1,8-11,17-18,23H,4-7,12-16H2,2H3. The van der Waals surface area contributed by atoms with Gasteiger partial charge in [0.1, 0.15) is 11.5 Å². The number of likely N-dealkylation sites (N-methyl/N-ethyl adjacent to an activating group) is 1. The summed E-state index contributed by atoms with van der Waals surface area (Å²) in [5, 5.41) is 0.832. The summed E-state index contributed by atoms with van der Waals surface area (Å²) in [6.07, 6.45) is 12.3. The van der Waals surface area contributed by atoms with E-state index in [-0.39, 0.29) is 11.6 Å². The van der Waals surface area contributed by atoms with Crippen LogP contribution >= 0.6 is 0 Å². The van der Waals surface area contributed by atoms with Crippen LogP contribution in [0.25, 0.3) is 11.0 Å². The summed E-state index contributed by atoms with van der Waals surface area (Å²) in [5.41, 5.74) is 3.42. The maximum atomic E-state index is 13.0. The molecular formula is C26H29N5O. The van der Waals surface area contributed by atoms with E-state index in [1.165, 1.54) is 5.69 Å². The average molecular weight is 428 g/mol. The van der Waals surface area contributed by atoms with Gasteiger partial charge in [0, 0.05) is 55.9 Å². The van der Waals surface area contributed by atoms with Crippen molar-refractivity contribution < 1.29 is 0 Å². The van der Waals surface area contributed by atoms with Crippen molar-refractivity contribution in [2.24, 2.45) is 0 Å². The smallest absolute Gasteiger partial charge is 0.268 e. The van der Waals surface area contributed by atoms with Crippen molar-refractivity contribution in [3.05, 3.63) is 63.8 Å². The first-order valence-corrected chi connectivity index (χ1v) is 11.5. The number of hydrogen-bond donors (Lipinski definition) is 0. The number of anilines is 1. The van der Waals surface area contributed by atoms with Crippen LogP contribution in [0.15, 0.2) is 41.3 Å². The predicted molar refractivity (Wildman–Crippen MR) is 128 cm³/mol. The van der Waals surface area contributed by atoms with Gasteiger partial charge in [-0.15, -0.1) is 6.42 Å². The number of pyridine rings is 1. The SMILES string of the molecule is C#Cc1cc2cnc(Cc3ccc(N4CCN(C)CC4)cc3)nc2n(C2CCCC2)c1=O. The quantitative estimate of drug-likeness (QED) is 0.599. The fourth-order valence-corrected chi connectivity index (χ4v) is 4.92. The second kappa shape index (κ2) is 8.76. The highest BCUT2D eigenvalue weighted by Crippen LogP contribution is 2.30. The predicted octanol–water partition coefficient (Wildman–Crippen LogP) is 3.23. The summed E-state index contributed by atoms with van der Waals surface area (Å²) < 4.78 is 1.83. The molecule has 0 atom stereocenters. The van der Waals surface area contributed by atoms with Gasteiger partial charge in [-0.1, -0.05) is 30.9 Å². The highest BCUT2D eigenvalue weighted by molar-refractivity contribution is 5.76. The van der Waals surface area contributed by atoms with Crippen molar-refractivity contribution in [3.63, 3.8) is 0 Å². The number of rotatable bonds is 4. The van der Waals surface area contributed by atoms with Gasteiger partial charge >= 0.3 is 0 Å². The summed E-state index contributed by atoms with van der Waals surface area (Å²) in [5.74, 6) is 3.27. The molecule has 3 aromatic rings. The van der Waals surface area contributed by atoms with Crippen LogP contribution in [0.5, 0.6) is 0 Å². The van der Waals surface area contributed by atoms with Crippen molar-refractivity contribution in [3.8, 4) is 12.3 Å². The van der Waals surface area contributed by atoms with Crippen LogP contribution in [0.4, 0.5) is 5.69 Å². The molecule has 1 aliphatic carbocycles. The van der Waals surface area contributed by atoms with Crippen LogP contribution in [0.2, 0.25) is 0 Å². The number of aromatic nitrogens is 3. The van der Waals surface area contributed by atoms with Gasteiger partial charge in [0.25, 0.3) is 5.56 Å². The van der Waals surface area contributed by atoms with E-state index in [0.29, 0.717) is 17.6 Å². The topological polar surface area (TPSA) is 54.3 Å². The molecule has 1 aromatic carbocycles. The van der Waals surface area contributed by atoms with Crippen LogP contribution in [0.3, 0.4) is 0 Å². The van der Waals surface area contributed by atoms with Crippen LogP contribution in [0, 0.1) is 12.3 Å². The van der Waals surface area contributed by atoms with E-state index in [1.54, 1.807) is 6.07 Å². The first kappa shape index (κ1) is 20.7. The lowest BCUT2D eigenvalue weighted by Crippen LogP contribution is -2.44. The number of piperazine rings is 1. The summed E-state index contributed by atoms with van der Waals surface area (Å²) in [6.45, 7) is 4.30. The zero-order valence-corrected chi connectivity index (χ0v) is 18.6. The molecule has 0 bridgehead atoms. The molecule has 2 aromatic heterocycles. The zero-order valence-electron chi connectivity index (χ0n) is 18.6. The number of benzene rings is 1. The van der Waals surface area contributed by atoms with Gasteiger partial charge in [0.2, 0.25) is 0 Å². The van der Waals surface area contributed by atoms with E-state index in [0.717, 1.165) is 68.6 Å². The first-order chi connectivity index (χ1) is 15.6. The van der Waals surface area contributed by atoms with Gasteiger partial charge in [-0.2, -0.15) is 0 Å². The maximum absolute atomic E-state index is 13.0. The van der Waals surface area contributed by atoms with Crippen LogP contribution in [-0.4, -0.2) is 52.7 Å². The fraction of sp³-hybridized carbons (Fsp3) is 0.423. The van der Waals surface area contributed by atoms with Crippen LogP contribution < -0.4 is 10.5 Å². The Kier molecular flexibility index (Phi) is 5.67. The van der Waals surface area contributed by atoms with Gasteiger partial charge < -0.3 is 9.80 Å². The van der Waals surface area contributed by atoms with Gasteiger partial charge in [0.15, 0.2) is 0 Å². The molecular weight excluding hydrogens is 398 g/mol. The number of nitrogens with zero attached hydrogens (tertiary/aromatic N) is 5. The molecule has 0 radical (unpaired) electrons. The van der Waals surface area contributed by atoms with Crippen molar-refractivity contribution >= 4 is 16.7 Å². The molecule has 164 valence electrons.